The van der Waals surface area contributed by atoms with E-state index in [1.54, 1.807) is 6.20 Å². The minimum atomic E-state index is 0.652. The number of fused-ring (bicyclic) bond motifs is 1. The third kappa shape index (κ3) is 3.71. The average molecular weight is 425 g/mol. The van der Waals surface area contributed by atoms with Crippen LogP contribution in [-0.4, -0.2) is 42.3 Å². The summed E-state index contributed by atoms with van der Waals surface area (Å²) in [5.41, 5.74) is 6.15. The molecular weight excluding hydrogens is 400 g/mol. The highest BCUT2D eigenvalue weighted by Gasteiger charge is 2.14. The number of nitrogens with zero attached hydrogens (tertiary/aromatic N) is 7. The summed E-state index contributed by atoms with van der Waals surface area (Å²) in [5.74, 6) is 1.64. The first-order valence-electron chi connectivity index (χ1n) is 10.8. The van der Waals surface area contributed by atoms with Gasteiger partial charge in [0.15, 0.2) is 11.5 Å². The molecule has 0 saturated heterocycles. The number of rotatable bonds is 7. The van der Waals surface area contributed by atoms with E-state index >= 15 is 0 Å². The van der Waals surface area contributed by atoms with E-state index in [9.17, 15) is 0 Å². The van der Waals surface area contributed by atoms with Gasteiger partial charge < -0.3 is 4.90 Å². The smallest absolute Gasteiger partial charge is 0.180 e. The first-order chi connectivity index (χ1) is 15.7. The lowest BCUT2D eigenvalue weighted by Gasteiger charge is -2.21. The second kappa shape index (κ2) is 8.58. The number of nitrogens with one attached hydrogen (secondary N) is 1. The molecule has 0 spiro atoms. The average Bonchev–Trinajstić information content (AvgIpc) is 3.54. The molecule has 0 saturated carbocycles. The molecule has 8 heteroatoms. The number of tetrazole rings is 1. The van der Waals surface area contributed by atoms with Crippen molar-refractivity contribution in [3.63, 3.8) is 0 Å². The Bertz CT molecular complexity index is 1320. The van der Waals surface area contributed by atoms with Crippen molar-refractivity contribution < 1.29 is 0 Å². The SMILES string of the molecule is CCCCc1cc(N(C)c2ccc(-c3ccccc3-c3nnn[nH]3)cc2)n2nccc2n1. The van der Waals surface area contributed by atoms with Crippen LogP contribution >= 0.6 is 0 Å². The normalized spacial score (nSPS) is 11.2. The number of anilines is 2. The van der Waals surface area contributed by atoms with Crippen LogP contribution in [0.2, 0.25) is 0 Å². The monoisotopic (exact) mass is 424 g/mol. The molecule has 0 bridgehead atoms. The van der Waals surface area contributed by atoms with Gasteiger partial charge in [0.1, 0.15) is 5.82 Å². The Balaban J connectivity index is 1.49. The molecule has 0 fully saturated rings. The van der Waals surface area contributed by atoms with Gasteiger partial charge in [-0.2, -0.15) is 9.61 Å². The maximum atomic E-state index is 4.75. The maximum absolute atomic E-state index is 4.75. The molecule has 3 heterocycles. The zero-order chi connectivity index (χ0) is 21.9. The van der Waals surface area contributed by atoms with Crippen LogP contribution in [0.25, 0.3) is 28.2 Å². The van der Waals surface area contributed by atoms with Crippen LogP contribution in [0.1, 0.15) is 25.5 Å². The van der Waals surface area contributed by atoms with Crippen LogP contribution in [0.3, 0.4) is 0 Å². The molecule has 0 aliphatic heterocycles. The van der Waals surface area contributed by atoms with Crippen molar-refractivity contribution in [2.75, 3.05) is 11.9 Å². The Labute approximate surface area is 185 Å². The summed E-state index contributed by atoms with van der Waals surface area (Å²) in [6, 6.07) is 20.7. The second-order valence-electron chi connectivity index (χ2n) is 7.71. The molecule has 3 aromatic heterocycles. The number of benzene rings is 2. The van der Waals surface area contributed by atoms with E-state index in [4.69, 9.17) is 4.98 Å². The molecule has 0 radical (unpaired) electrons. The van der Waals surface area contributed by atoms with E-state index in [1.165, 1.54) is 0 Å². The number of H-pyrrole nitrogens is 1. The fraction of sp³-hybridized carbons (Fsp3) is 0.208. The highest BCUT2D eigenvalue weighted by molar-refractivity contribution is 5.81. The highest BCUT2D eigenvalue weighted by Crippen LogP contribution is 2.32. The Hall–Kier alpha value is -4.07. The lowest BCUT2D eigenvalue weighted by Crippen LogP contribution is -2.15. The zero-order valence-electron chi connectivity index (χ0n) is 18.1. The van der Waals surface area contributed by atoms with Gasteiger partial charge in [0, 0.05) is 36.1 Å². The number of hydrogen-bond acceptors (Lipinski definition) is 6. The number of unbranched alkanes of at least 4 members (excludes halogenated alkanes) is 1. The summed E-state index contributed by atoms with van der Waals surface area (Å²) in [4.78, 5) is 6.90. The number of aryl methyl sites for hydroxylation is 1. The van der Waals surface area contributed by atoms with E-state index in [0.29, 0.717) is 5.82 Å². The molecule has 5 aromatic rings. The Morgan fingerprint density at radius 2 is 1.81 bits per heavy atom. The van der Waals surface area contributed by atoms with Crippen molar-refractivity contribution in [1.82, 2.24) is 35.2 Å². The summed E-state index contributed by atoms with van der Waals surface area (Å²) in [7, 11) is 2.06. The first-order valence-corrected chi connectivity index (χ1v) is 10.8. The standard InChI is InChI=1S/C24H24N8/c1-3-4-7-18-16-23(32-22(26-18)14-15-25-32)31(2)19-12-10-17(11-13-19)20-8-5-6-9-21(20)24-27-29-30-28-24/h5-6,8-16H,3-4,7H2,1-2H3,(H,27,28,29,30). The van der Waals surface area contributed by atoms with Gasteiger partial charge in [-0.25, -0.2) is 10.1 Å². The van der Waals surface area contributed by atoms with E-state index in [1.807, 2.05) is 28.8 Å². The molecule has 8 nitrogen and oxygen atoms in total. The van der Waals surface area contributed by atoms with E-state index in [-0.39, 0.29) is 0 Å². The van der Waals surface area contributed by atoms with Crippen molar-refractivity contribution in [2.45, 2.75) is 26.2 Å². The predicted molar refractivity (Wildman–Crippen MR) is 125 cm³/mol. The van der Waals surface area contributed by atoms with Gasteiger partial charge in [-0.05, 0) is 46.5 Å². The fourth-order valence-corrected chi connectivity index (χ4v) is 3.88. The van der Waals surface area contributed by atoms with Crippen molar-refractivity contribution >= 4 is 17.2 Å². The minimum Gasteiger partial charge on any atom is -0.329 e. The number of aromatic nitrogens is 7. The summed E-state index contributed by atoms with van der Waals surface area (Å²) < 4.78 is 1.88. The van der Waals surface area contributed by atoms with Crippen molar-refractivity contribution in [2.24, 2.45) is 0 Å². The minimum absolute atomic E-state index is 0.652. The lowest BCUT2D eigenvalue weighted by molar-refractivity contribution is 0.771. The van der Waals surface area contributed by atoms with E-state index < -0.39 is 0 Å². The molecular formula is C24H24N8. The van der Waals surface area contributed by atoms with Crippen molar-refractivity contribution in [1.29, 1.82) is 0 Å². The van der Waals surface area contributed by atoms with Gasteiger partial charge in [0.05, 0.1) is 6.20 Å². The van der Waals surface area contributed by atoms with Crippen LogP contribution in [-0.2, 0) is 6.42 Å². The maximum Gasteiger partial charge on any atom is 0.180 e. The molecule has 0 unspecified atom stereocenters. The molecule has 160 valence electrons. The molecule has 32 heavy (non-hydrogen) atoms. The van der Waals surface area contributed by atoms with Crippen LogP contribution in [0, 0.1) is 0 Å². The molecule has 0 aliphatic carbocycles. The highest BCUT2D eigenvalue weighted by atomic mass is 15.5. The largest absolute Gasteiger partial charge is 0.329 e. The summed E-state index contributed by atoms with van der Waals surface area (Å²) >= 11 is 0. The number of hydrogen-bond donors (Lipinski definition) is 1. The van der Waals surface area contributed by atoms with Gasteiger partial charge in [-0.15, -0.1) is 5.10 Å². The quantitative estimate of drug-likeness (QED) is 0.408. The van der Waals surface area contributed by atoms with Crippen LogP contribution < -0.4 is 4.90 Å². The predicted octanol–water partition coefficient (Wildman–Crippen LogP) is 4.69. The molecule has 1 N–H and O–H groups in total. The van der Waals surface area contributed by atoms with Crippen molar-refractivity contribution in [3.8, 4) is 22.5 Å². The van der Waals surface area contributed by atoms with Gasteiger partial charge in [0.25, 0.3) is 0 Å². The summed E-state index contributed by atoms with van der Waals surface area (Å²) in [6.45, 7) is 2.20. The van der Waals surface area contributed by atoms with E-state index in [2.05, 4.69) is 81.0 Å². The number of aromatic amines is 1. The molecule has 0 amide bonds. The van der Waals surface area contributed by atoms with Gasteiger partial charge in [-0.1, -0.05) is 49.7 Å². The topological polar surface area (TPSA) is 87.9 Å². The van der Waals surface area contributed by atoms with Crippen molar-refractivity contribution in [3.05, 3.63) is 72.6 Å². The molecule has 0 aliphatic rings. The lowest BCUT2D eigenvalue weighted by atomic mass is 9.99. The Kier molecular flexibility index (Phi) is 5.33. The third-order valence-corrected chi connectivity index (χ3v) is 5.62. The second-order valence-corrected chi connectivity index (χ2v) is 7.71. The first kappa shape index (κ1) is 19.9. The van der Waals surface area contributed by atoms with Crippen LogP contribution in [0.5, 0.6) is 0 Å². The van der Waals surface area contributed by atoms with Crippen LogP contribution in [0.15, 0.2) is 66.9 Å². The van der Waals surface area contributed by atoms with Gasteiger partial charge >= 0.3 is 0 Å². The fourth-order valence-electron chi connectivity index (χ4n) is 3.88. The summed E-state index contributed by atoms with van der Waals surface area (Å²) in [5, 5.41) is 18.8. The molecule has 5 rings (SSSR count). The van der Waals surface area contributed by atoms with E-state index in [0.717, 1.165) is 58.8 Å². The Morgan fingerprint density at radius 3 is 2.56 bits per heavy atom. The summed E-state index contributed by atoms with van der Waals surface area (Å²) in [6.07, 6.45) is 5.02. The Morgan fingerprint density at radius 1 is 1.00 bits per heavy atom. The molecule has 2 aromatic carbocycles. The third-order valence-electron chi connectivity index (χ3n) is 5.62. The zero-order valence-corrected chi connectivity index (χ0v) is 18.1. The van der Waals surface area contributed by atoms with Gasteiger partial charge in [-0.3, -0.25) is 0 Å². The molecule has 0 atom stereocenters. The van der Waals surface area contributed by atoms with Gasteiger partial charge in [0.2, 0.25) is 0 Å². The van der Waals surface area contributed by atoms with Crippen LogP contribution in [0.4, 0.5) is 11.5 Å².